The van der Waals surface area contributed by atoms with Crippen molar-refractivity contribution in [2.24, 2.45) is 5.92 Å². The number of aromatic nitrogens is 4. The van der Waals surface area contributed by atoms with Gasteiger partial charge in [-0.3, -0.25) is 4.79 Å². The molecule has 0 saturated heterocycles. The van der Waals surface area contributed by atoms with E-state index in [1.54, 1.807) is 4.68 Å². The average molecular weight is 226 g/mol. The van der Waals surface area contributed by atoms with Gasteiger partial charge in [0.15, 0.2) is 5.82 Å². The minimum atomic E-state index is -0.786. The molecule has 0 aromatic carbocycles. The van der Waals surface area contributed by atoms with Crippen LogP contribution in [0.2, 0.25) is 0 Å². The summed E-state index contributed by atoms with van der Waals surface area (Å²) < 4.78 is 1.70. The van der Waals surface area contributed by atoms with E-state index in [-0.39, 0.29) is 12.3 Å². The van der Waals surface area contributed by atoms with Crippen LogP contribution in [0.3, 0.4) is 0 Å². The Morgan fingerprint density at radius 2 is 2.12 bits per heavy atom. The van der Waals surface area contributed by atoms with Crippen molar-refractivity contribution in [3.05, 3.63) is 5.82 Å². The van der Waals surface area contributed by atoms with E-state index in [1.807, 2.05) is 0 Å². The maximum Gasteiger partial charge on any atom is 0.303 e. The van der Waals surface area contributed by atoms with Crippen molar-refractivity contribution in [3.63, 3.8) is 0 Å². The first kappa shape index (κ1) is 12.6. The molecule has 1 rings (SSSR count). The highest BCUT2D eigenvalue weighted by atomic mass is 16.4. The summed E-state index contributed by atoms with van der Waals surface area (Å²) in [4.78, 5) is 10.4. The molecule has 0 bridgehead atoms. The van der Waals surface area contributed by atoms with E-state index in [0.717, 1.165) is 5.82 Å². The van der Waals surface area contributed by atoms with Gasteiger partial charge >= 0.3 is 5.97 Å². The molecule has 0 amide bonds. The number of nitrogens with zero attached hydrogens (tertiary/aromatic N) is 4. The van der Waals surface area contributed by atoms with E-state index in [2.05, 4.69) is 36.3 Å². The molecule has 90 valence electrons. The zero-order chi connectivity index (χ0) is 12.1. The topological polar surface area (TPSA) is 80.9 Å². The van der Waals surface area contributed by atoms with Gasteiger partial charge in [0.1, 0.15) is 0 Å². The Morgan fingerprint density at radius 3 is 2.69 bits per heavy atom. The van der Waals surface area contributed by atoms with Crippen LogP contribution in [0, 0.1) is 5.92 Å². The molecule has 1 N–H and O–H groups in total. The van der Waals surface area contributed by atoms with Gasteiger partial charge in [-0.2, -0.15) is 0 Å². The molecule has 6 heteroatoms. The monoisotopic (exact) mass is 226 g/mol. The highest BCUT2D eigenvalue weighted by Gasteiger charge is 2.17. The second-order valence-electron chi connectivity index (χ2n) is 4.29. The van der Waals surface area contributed by atoms with Gasteiger partial charge < -0.3 is 5.11 Å². The van der Waals surface area contributed by atoms with Crippen LogP contribution in [-0.4, -0.2) is 31.3 Å². The fourth-order valence-corrected chi connectivity index (χ4v) is 1.38. The first-order chi connectivity index (χ1) is 7.52. The standard InChI is InChI=1S/C10H18N4O2/c1-7(2)8(3)10-11-12-13-14(10)6-4-5-9(15)16/h7-8H,4-6H2,1-3H3,(H,15,16). The second kappa shape index (κ2) is 5.58. The number of hydrogen-bond donors (Lipinski definition) is 1. The number of carbonyl (C=O) groups is 1. The second-order valence-corrected chi connectivity index (χ2v) is 4.29. The predicted octanol–water partition coefficient (Wildman–Crippen LogP) is 1.30. The van der Waals surface area contributed by atoms with Crippen molar-refractivity contribution in [1.29, 1.82) is 0 Å². The summed E-state index contributed by atoms with van der Waals surface area (Å²) in [6.45, 7) is 6.86. The molecule has 1 aromatic heterocycles. The summed E-state index contributed by atoms with van der Waals surface area (Å²) in [5, 5.41) is 20.1. The Hall–Kier alpha value is -1.46. The number of hydrogen-bond acceptors (Lipinski definition) is 4. The van der Waals surface area contributed by atoms with Gasteiger partial charge in [0.2, 0.25) is 0 Å². The Bertz CT molecular complexity index is 348. The normalized spacial score (nSPS) is 13.0. The first-order valence-corrected chi connectivity index (χ1v) is 5.50. The van der Waals surface area contributed by atoms with E-state index < -0.39 is 5.97 Å². The van der Waals surface area contributed by atoms with E-state index in [0.29, 0.717) is 18.9 Å². The molecule has 0 spiro atoms. The molecule has 0 aliphatic rings. The van der Waals surface area contributed by atoms with Crippen molar-refractivity contribution in [2.75, 3.05) is 0 Å². The van der Waals surface area contributed by atoms with Gasteiger partial charge in [-0.15, -0.1) is 5.10 Å². The molecular formula is C10H18N4O2. The average Bonchev–Trinajstić information content (AvgIpc) is 2.64. The highest BCUT2D eigenvalue weighted by molar-refractivity contribution is 5.66. The number of carboxylic acids is 1. The SMILES string of the molecule is CC(C)C(C)c1nnnn1CCCC(=O)O. The van der Waals surface area contributed by atoms with Crippen molar-refractivity contribution >= 4 is 5.97 Å². The molecule has 1 aromatic rings. The lowest BCUT2D eigenvalue weighted by Crippen LogP contribution is -2.13. The summed E-state index contributed by atoms with van der Waals surface area (Å²) in [5.41, 5.74) is 0. The van der Waals surface area contributed by atoms with Crippen LogP contribution in [0.1, 0.15) is 45.4 Å². The quantitative estimate of drug-likeness (QED) is 0.790. The summed E-state index contributed by atoms with van der Waals surface area (Å²) in [6.07, 6.45) is 0.702. The molecular weight excluding hydrogens is 208 g/mol. The largest absolute Gasteiger partial charge is 0.481 e. The molecule has 0 saturated carbocycles. The lowest BCUT2D eigenvalue weighted by Gasteiger charge is -2.14. The maximum atomic E-state index is 10.4. The molecule has 6 nitrogen and oxygen atoms in total. The van der Waals surface area contributed by atoms with Crippen LogP contribution in [0.25, 0.3) is 0 Å². The van der Waals surface area contributed by atoms with Gasteiger partial charge in [-0.05, 0) is 22.8 Å². The van der Waals surface area contributed by atoms with Gasteiger partial charge in [-0.25, -0.2) is 4.68 Å². The third-order valence-electron chi connectivity index (χ3n) is 2.73. The summed E-state index contributed by atoms with van der Waals surface area (Å²) in [6, 6.07) is 0. The smallest absolute Gasteiger partial charge is 0.303 e. The molecule has 0 fully saturated rings. The Kier molecular flexibility index (Phi) is 4.39. The number of rotatable bonds is 6. The van der Waals surface area contributed by atoms with Gasteiger partial charge in [-0.1, -0.05) is 20.8 Å². The summed E-state index contributed by atoms with van der Waals surface area (Å²) >= 11 is 0. The van der Waals surface area contributed by atoms with Gasteiger partial charge in [0, 0.05) is 18.9 Å². The highest BCUT2D eigenvalue weighted by Crippen LogP contribution is 2.20. The summed E-state index contributed by atoms with van der Waals surface area (Å²) in [5.74, 6) is 0.788. The molecule has 1 atom stereocenters. The van der Waals surface area contributed by atoms with Crippen molar-refractivity contribution < 1.29 is 9.90 Å². The zero-order valence-corrected chi connectivity index (χ0v) is 9.92. The van der Waals surface area contributed by atoms with Gasteiger partial charge in [0.25, 0.3) is 0 Å². The predicted molar refractivity (Wildman–Crippen MR) is 57.9 cm³/mol. The Labute approximate surface area is 94.7 Å². The van der Waals surface area contributed by atoms with Crippen molar-refractivity contribution in [1.82, 2.24) is 20.2 Å². The molecule has 0 aliphatic carbocycles. The van der Waals surface area contributed by atoms with E-state index in [1.165, 1.54) is 0 Å². The Morgan fingerprint density at radius 1 is 1.44 bits per heavy atom. The van der Waals surface area contributed by atoms with E-state index in [4.69, 9.17) is 5.11 Å². The molecule has 1 unspecified atom stereocenters. The van der Waals surface area contributed by atoms with Crippen LogP contribution in [0.4, 0.5) is 0 Å². The molecule has 0 aliphatic heterocycles. The fourth-order valence-electron chi connectivity index (χ4n) is 1.38. The molecule has 16 heavy (non-hydrogen) atoms. The minimum absolute atomic E-state index is 0.148. The fraction of sp³-hybridized carbons (Fsp3) is 0.800. The lowest BCUT2D eigenvalue weighted by atomic mass is 9.97. The van der Waals surface area contributed by atoms with Crippen LogP contribution in [-0.2, 0) is 11.3 Å². The Balaban J connectivity index is 2.60. The van der Waals surface area contributed by atoms with Crippen molar-refractivity contribution in [2.45, 2.75) is 46.1 Å². The van der Waals surface area contributed by atoms with Crippen LogP contribution in [0.5, 0.6) is 0 Å². The molecule has 0 radical (unpaired) electrons. The molecule has 1 heterocycles. The minimum Gasteiger partial charge on any atom is -0.481 e. The van der Waals surface area contributed by atoms with E-state index >= 15 is 0 Å². The van der Waals surface area contributed by atoms with Crippen LogP contribution in [0.15, 0.2) is 0 Å². The third-order valence-corrected chi connectivity index (χ3v) is 2.73. The van der Waals surface area contributed by atoms with Crippen LogP contribution >= 0.6 is 0 Å². The number of aliphatic carboxylic acids is 1. The lowest BCUT2D eigenvalue weighted by molar-refractivity contribution is -0.137. The zero-order valence-electron chi connectivity index (χ0n) is 9.92. The maximum absolute atomic E-state index is 10.4. The van der Waals surface area contributed by atoms with E-state index in [9.17, 15) is 4.79 Å². The van der Waals surface area contributed by atoms with Gasteiger partial charge in [0.05, 0.1) is 0 Å². The first-order valence-electron chi connectivity index (χ1n) is 5.50. The van der Waals surface area contributed by atoms with Crippen LogP contribution < -0.4 is 0 Å². The number of carboxylic acid groups (broad SMARTS) is 1. The number of tetrazole rings is 1. The third kappa shape index (κ3) is 3.29. The number of aryl methyl sites for hydroxylation is 1. The van der Waals surface area contributed by atoms with Crippen molar-refractivity contribution in [3.8, 4) is 0 Å². The summed E-state index contributed by atoms with van der Waals surface area (Å²) in [7, 11) is 0.